The van der Waals surface area contributed by atoms with Gasteiger partial charge in [0.2, 0.25) is 5.91 Å². The maximum atomic E-state index is 12.1. The fourth-order valence-corrected chi connectivity index (χ4v) is 2.94. The lowest BCUT2D eigenvalue weighted by Gasteiger charge is -2.19. The molecule has 1 amide bonds. The highest BCUT2D eigenvalue weighted by Gasteiger charge is 2.32. The minimum Gasteiger partial charge on any atom is -0.480 e. The van der Waals surface area contributed by atoms with Gasteiger partial charge in [0.15, 0.2) is 0 Å². The van der Waals surface area contributed by atoms with Crippen LogP contribution in [0.1, 0.15) is 24.0 Å². The van der Waals surface area contributed by atoms with Crippen molar-refractivity contribution < 1.29 is 14.7 Å². The number of amides is 1. The van der Waals surface area contributed by atoms with E-state index in [9.17, 15) is 9.59 Å². The van der Waals surface area contributed by atoms with Crippen LogP contribution in [0, 0.1) is 6.92 Å². The molecule has 2 rings (SSSR count). The van der Waals surface area contributed by atoms with Crippen molar-refractivity contribution in [3.63, 3.8) is 0 Å². The minimum absolute atomic E-state index is 0.248. The number of carbonyl (C=O) groups is 2. The van der Waals surface area contributed by atoms with E-state index >= 15 is 0 Å². The van der Waals surface area contributed by atoms with E-state index < -0.39 is 12.0 Å². The SMILES string of the molecule is Cc1ccc(C=CC(=O)N2CCC[C@@H]2C(=O)O)c(Br)c1. The lowest BCUT2D eigenvalue weighted by Crippen LogP contribution is -2.39. The molecule has 0 bridgehead atoms. The van der Waals surface area contributed by atoms with Crippen LogP contribution in [0.25, 0.3) is 6.08 Å². The Morgan fingerprint density at radius 1 is 1.45 bits per heavy atom. The Bertz CT molecular complexity index is 568. The van der Waals surface area contributed by atoms with Gasteiger partial charge in [-0.1, -0.05) is 28.1 Å². The molecule has 0 saturated carbocycles. The first-order valence-corrected chi connectivity index (χ1v) is 7.26. The van der Waals surface area contributed by atoms with Crippen molar-refractivity contribution >= 4 is 33.9 Å². The molecular formula is C15H16BrNO3. The molecular weight excluding hydrogens is 322 g/mol. The van der Waals surface area contributed by atoms with Crippen LogP contribution in [-0.4, -0.2) is 34.5 Å². The number of nitrogens with zero attached hydrogens (tertiary/aromatic N) is 1. The first-order chi connectivity index (χ1) is 9.49. The van der Waals surface area contributed by atoms with Crippen LogP contribution in [0.3, 0.4) is 0 Å². The van der Waals surface area contributed by atoms with Gasteiger partial charge in [-0.2, -0.15) is 0 Å². The average molecular weight is 338 g/mol. The molecule has 1 aromatic rings. The summed E-state index contributed by atoms with van der Waals surface area (Å²) >= 11 is 3.45. The van der Waals surface area contributed by atoms with Gasteiger partial charge in [-0.3, -0.25) is 4.79 Å². The van der Waals surface area contributed by atoms with E-state index in [1.807, 2.05) is 25.1 Å². The molecule has 1 atom stereocenters. The van der Waals surface area contributed by atoms with Crippen LogP contribution in [0.5, 0.6) is 0 Å². The number of halogens is 1. The summed E-state index contributed by atoms with van der Waals surface area (Å²) < 4.78 is 0.915. The first kappa shape index (κ1) is 14.8. The standard InChI is InChI=1S/C15H16BrNO3/c1-10-4-5-11(12(16)9-10)6-7-14(18)17-8-2-3-13(17)15(19)20/h4-7,9,13H,2-3,8H2,1H3,(H,19,20)/t13-/m1/s1. The molecule has 106 valence electrons. The van der Waals surface area contributed by atoms with E-state index in [0.717, 1.165) is 22.0 Å². The molecule has 1 aliphatic heterocycles. The Hall–Kier alpha value is -1.62. The number of carbonyl (C=O) groups excluding carboxylic acids is 1. The van der Waals surface area contributed by atoms with Crippen molar-refractivity contribution in [2.75, 3.05) is 6.54 Å². The fourth-order valence-electron chi connectivity index (χ4n) is 2.31. The monoisotopic (exact) mass is 337 g/mol. The number of aryl methyl sites for hydroxylation is 1. The number of aliphatic carboxylic acids is 1. The molecule has 20 heavy (non-hydrogen) atoms. The quantitative estimate of drug-likeness (QED) is 0.863. The molecule has 1 saturated heterocycles. The highest BCUT2D eigenvalue weighted by Crippen LogP contribution is 2.21. The summed E-state index contributed by atoms with van der Waals surface area (Å²) in [6.07, 6.45) is 4.42. The molecule has 1 fully saturated rings. The second-order valence-corrected chi connectivity index (χ2v) is 5.74. The normalized spacial score (nSPS) is 18.7. The third-order valence-electron chi connectivity index (χ3n) is 3.38. The summed E-state index contributed by atoms with van der Waals surface area (Å²) in [5.74, 6) is -1.18. The maximum Gasteiger partial charge on any atom is 0.326 e. The highest BCUT2D eigenvalue weighted by atomic mass is 79.9. The lowest BCUT2D eigenvalue weighted by molar-refractivity contribution is -0.146. The van der Waals surface area contributed by atoms with Gasteiger partial charge in [0, 0.05) is 17.1 Å². The number of benzene rings is 1. The summed E-state index contributed by atoms with van der Waals surface area (Å²) in [6.45, 7) is 2.50. The van der Waals surface area contributed by atoms with Crippen molar-refractivity contribution in [2.24, 2.45) is 0 Å². The van der Waals surface area contributed by atoms with E-state index in [2.05, 4.69) is 15.9 Å². The van der Waals surface area contributed by atoms with E-state index in [0.29, 0.717) is 13.0 Å². The zero-order valence-electron chi connectivity index (χ0n) is 11.2. The van der Waals surface area contributed by atoms with Crippen molar-refractivity contribution in [2.45, 2.75) is 25.8 Å². The van der Waals surface area contributed by atoms with Crippen LogP contribution >= 0.6 is 15.9 Å². The topological polar surface area (TPSA) is 57.6 Å². The minimum atomic E-state index is -0.930. The van der Waals surface area contributed by atoms with Crippen LogP contribution < -0.4 is 0 Å². The Labute approximate surface area is 126 Å². The van der Waals surface area contributed by atoms with E-state index in [-0.39, 0.29) is 5.91 Å². The fraction of sp³-hybridized carbons (Fsp3) is 0.333. The average Bonchev–Trinajstić information content (AvgIpc) is 2.86. The summed E-state index contributed by atoms with van der Waals surface area (Å²) in [5, 5.41) is 9.07. The zero-order valence-corrected chi connectivity index (χ0v) is 12.8. The third kappa shape index (κ3) is 3.28. The van der Waals surface area contributed by atoms with Gasteiger partial charge < -0.3 is 10.0 Å². The van der Waals surface area contributed by atoms with Crippen molar-refractivity contribution in [1.82, 2.24) is 4.90 Å². The Morgan fingerprint density at radius 2 is 2.20 bits per heavy atom. The number of likely N-dealkylation sites (tertiary alicyclic amines) is 1. The van der Waals surface area contributed by atoms with Crippen LogP contribution in [0.2, 0.25) is 0 Å². The van der Waals surface area contributed by atoms with Crippen LogP contribution in [0.4, 0.5) is 0 Å². The molecule has 0 spiro atoms. The van der Waals surface area contributed by atoms with Gasteiger partial charge >= 0.3 is 5.97 Å². The van der Waals surface area contributed by atoms with E-state index in [1.54, 1.807) is 6.08 Å². The molecule has 0 radical (unpaired) electrons. The second kappa shape index (κ2) is 6.22. The Kier molecular flexibility index (Phi) is 4.60. The Morgan fingerprint density at radius 3 is 2.85 bits per heavy atom. The summed E-state index contributed by atoms with van der Waals surface area (Å²) in [4.78, 5) is 24.5. The molecule has 0 unspecified atom stereocenters. The van der Waals surface area contributed by atoms with Crippen LogP contribution in [0.15, 0.2) is 28.7 Å². The van der Waals surface area contributed by atoms with Crippen molar-refractivity contribution in [3.05, 3.63) is 39.9 Å². The number of hydrogen-bond donors (Lipinski definition) is 1. The predicted molar refractivity (Wildman–Crippen MR) is 80.3 cm³/mol. The first-order valence-electron chi connectivity index (χ1n) is 6.46. The molecule has 1 heterocycles. The van der Waals surface area contributed by atoms with Gasteiger partial charge in [-0.15, -0.1) is 0 Å². The zero-order chi connectivity index (χ0) is 14.7. The van der Waals surface area contributed by atoms with Gasteiger partial charge in [0.1, 0.15) is 6.04 Å². The summed E-state index contributed by atoms with van der Waals surface area (Å²) in [5.41, 5.74) is 2.03. The number of carboxylic acids is 1. The van der Waals surface area contributed by atoms with Gasteiger partial charge in [0.25, 0.3) is 0 Å². The van der Waals surface area contributed by atoms with Crippen molar-refractivity contribution in [3.8, 4) is 0 Å². The molecule has 1 aliphatic rings. The molecule has 5 heteroatoms. The molecule has 4 nitrogen and oxygen atoms in total. The number of rotatable bonds is 3. The summed E-state index contributed by atoms with van der Waals surface area (Å²) in [7, 11) is 0. The number of hydrogen-bond acceptors (Lipinski definition) is 2. The van der Waals surface area contributed by atoms with Gasteiger partial charge in [-0.25, -0.2) is 4.79 Å². The summed E-state index contributed by atoms with van der Waals surface area (Å²) in [6, 6.07) is 5.17. The third-order valence-corrected chi connectivity index (χ3v) is 4.07. The van der Waals surface area contributed by atoms with Gasteiger partial charge in [-0.05, 0) is 43.0 Å². The maximum absolute atomic E-state index is 12.1. The molecule has 0 aliphatic carbocycles. The van der Waals surface area contributed by atoms with Crippen molar-refractivity contribution in [1.29, 1.82) is 0 Å². The van der Waals surface area contributed by atoms with E-state index in [4.69, 9.17) is 5.11 Å². The van der Waals surface area contributed by atoms with Crippen LogP contribution in [-0.2, 0) is 9.59 Å². The molecule has 1 aromatic carbocycles. The second-order valence-electron chi connectivity index (χ2n) is 4.89. The number of carboxylic acid groups (broad SMARTS) is 1. The highest BCUT2D eigenvalue weighted by molar-refractivity contribution is 9.10. The lowest BCUT2D eigenvalue weighted by atomic mass is 10.1. The van der Waals surface area contributed by atoms with E-state index in [1.165, 1.54) is 11.0 Å². The smallest absolute Gasteiger partial charge is 0.326 e. The largest absolute Gasteiger partial charge is 0.480 e. The van der Waals surface area contributed by atoms with Gasteiger partial charge in [0.05, 0.1) is 0 Å². The molecule has 1 N–H and O–H groups in total. The predicted octanol–water partition coefficient (Wildman–Crippen LogP) is 2.85. The molecule has 0 aromatic heterocycles. The Balaban J connectivity index is 2.11.